The van der Waals surface area contributed by atoms with Gasteiger partial charge in [-0.2, -0.15) is 0 Å². The molecule has 68 valence electrons. The zero-order chi connectivity index (χ0) is 8.97. The average molecular weight is 170 g/mol. The molecule has 1 aliphatic heterocycles. The van der Waals surface area contributed by atoms with E-state index < -0.39 is 0 Å². The summed E-state index contributed by atoms with van der Waals surface area (Å²) in [7, 11) is 1.42. The fourth-order valence-corrected chi connectivity index (χ4v) is 1.43. The van der Waals surface area contributed by atoms with Crippen molar-refractivity contribution in [1.82, 2.24) is 4.90 Å². The molecule has 4 heteroatoms. The van der Waals surface area contributed by atoms with Crippen molar-refractivity contribution in [3.63, 3.8) is 0 Å². The molecule has 1 fully saturated rings. The largest absolute Gasteiger partial charge is 0.469 e. The third kappa shape index (κ3) is 1.96. The van der Waals surface area contributed by atoms with Crippen LogP contribution in [0.25, 0.3) is 0 Å². The van der Waals surface area contributed by atoms with Gasteiger partial charge in [0.05, 0.1) is 19.4 Å². The van der Waals surface area contributed by atoms with Gasteiger partial charge in [0.1, 0.15) is 0 Å². The molecule has 1 rings (SSSR count). The summed E-state index contributed by atoms with van der Waals surface area (Å²) in [6.07, 6.45) is 2.94. The number of esters is 1. The highest BCUT2D eigenvalue weighted by molar-refractivity contribution is 5.72. The van der Waals surface area contributed by atoms with Crippen molar-refractivity contribution in [1.29, 1.82) is 5.41 Å². The van der Waals surface area contributed by atoms with E-state index in [1.807, 2.05) is 4.90 Å². The van der Waals surface area contributed by atoms with Gasteiger partial charge in [-0.15, -0.1) is 0 Å². The summed E-state index contributed by atoms with van der Waals surface area (Å²) in [5, 5.41) is 7.00. The highest BCUT2D eigenvalue weighted by Crippen LogP contribution is 2.16. The lowest BCUT2D eigenvalue weighted by molar-refractivity contribution is -0.146. The highest BCUT2D eigenvalue weighted by atomic mass is 16.5. The second-order valence-electron chi connectivity index (χ2n) is 2.96. The van der Waals surface area contributed by atoms with Gasteiger partial charge in [0, 0.05) is 13.1 Å². The van der Waals surface area contributed by atoms with Gasteiger partial charge in [-0.05, 0) is 12.8 Å². The van der Waals surface area contributed by atoms with E-state index in [2.05, 4.69) is 4.74 Å². The first-order chi connectivity index (χ1) is 5.77. The molecule has 1 heterocycles. The van der Waals surface area contributed by atoms with Crippen LogP contribution in [0.5, 0.6) is 0 Å². The van der Waals surface area contributed by atoms with Crippen LogP contribution in [0.2, 0.25) is 0 Å². The van der Waals surface area contributed by atoms with Crippen LogP contribution in [-0.2, 0) is 9.53 Å². The van der Waals surface area contributed by atoms with E-state index in [4.69, 9.17) is 5.41 Å². The molecule has 0 unspecified atom stereocenters. The molecule has 0 aromatic rings. The molecule has 4 nitrogen and oxygen atoms in total. The van der Waals surface area contributed by atoms with Crippen molar-refractivity contribution in [2.24, 2.45) is 5.92 Å². The quantitative estimate of drug-likeness (QED) is 0.372. The third-order valence-corrected chi connectivity index (χ3v) is 2.25. The molecule has 0 spiro atoms. The summed E-state index contributed by atoms with van der Waals surface area (Å²) in [6, 6.07) is 0. The summed E-state index contributed by atoms with van der Waals surface area (Å²) in [5.41, 5.74) is 0. The Balaban J connectivity index is 2.35. The Morgan fingerprint density at radius 2 is 2.17 bits per heavy atom. The summed E-state index contributed by atoms with van der Waals surface area (Å²) < 4.78 is 4.64. The number of piperidine rings is 1. The molecule has 0 aromatic carbocycles. The number of methoxy groups -OCH3 is 1. The maximum Gasteiger partial charge on any atom is 0.308 e. The number of ether oxygens (including phenoxy) is 1. The van der Waals surface area contributed by atoms with E-state index >= 15 is 0 Å². The van der Waals surface area contributed by atoms with E-state index in [9.17, 15) is 4.79 Å². The lowest BCUT2D eigenvalue weighted by Gasteiger charge is -2.28. The molecule has 0 aliphatic carbocycles. The number of likely N-dealkylation sites (tertiary alicyclic amines) is 1. The summed E-state index contributed by atoms with van der Waals surface area (Å²) in [5.74, 6) is -0.0640. The topological polar surface area (TPSA) is 53.4 Å². The maximum atomic E-state index is 11.1. The van der Waals surface area contributed by atoms with Crippen LogP contribution in [0, 0.1) is 11.3 Å². The first-order valence-corrected chi connectivity index (χ1v) is 4.10. The van der Waals surface area contributed by atoms with Gasteiger partial charge in [-0.1, -0.05) is 0 Å². The minimum absolute atomic E-state index is 0.0474. The zero-order valence-electron chi connectivity index (χ0n) is 7.25. The monoisotopic (exact) mass is 170 g/mol. The molecule has 0 amide bonds. The van der Waals surface area contributed by atoms with E-state index in [0.29, 0.717) is 0 Å². The molecule has 0 bridgehead atoms. The number of nitrogens with zero attached hydrogens (tertiary/aromatic N) is 1. The Morgan fingerprint density at radius 3 is 2.58 bits per heavy atom. The predicted molar refractivity (Wildman–Crippen MR) is 45.1 cm³/mol. The van der Waals surface area contributed by atoms with Gasteiger partial charge in [0.2, 0.25) is 0 Å². The van der Waals surface area contributed by atoms with E-state index in [0.717, 1.165) is 25.9 Å². The Bertz CT molecular complexity index is 174. The second-order valence-corrected chi connectivity index (χ2v) is 2.96. The molecule has 12 heavy (non-hydrogen) atoms. The van der Waals surface area contributed by atoms with Crippen LogP contribution in [0.15, 0.2) is 0 Å². The smallest absolute Gasteiger partial charge is 0.308 e. The van der Waals surface area contributed by atoms with Crippen LogP contribution < -0.4 is 0 Å². The van der Waals surface area contributed by atoms with Gasteiger partial charge in [-0.3, -0.25) is 10.2 Å². The van der Waals surface area contributed by atoms with Crippen LogP contribution in [0.3, 0.4) is 0 Å². The lowest BCUT2D eigenvalue weighted by Crippen LogP contribution is -2.35. The molecule has 0 aromatic heterocycles. The summed E-state index contributed by atoms with van der Waals surface area (Å²) in [4.78, 5) is 13.0. The number of nitrogens with one attached hydrogen (secondary N) is 1. The molecular weight excluding hydrogens is 156 g/mol. The predicted octanol–water partition coefficient (Wildman–Crippen LogP) is 0.478. The van der Waals surface area contributed by atoms with Crippen molar-refractivity contribution in [3.05, 3.63) is 0 Å². The lowest BCUT2D eigenvalue weighted by atomic mass is 9.97. The van der Waals surface area contributed by atoms with Crippen molar-refractivity contribution in [2.45, 2.75) is 12.8 Å². The second kappa shape index (κ2) is 4.09. The Kier molecular flexibility index (Phi) is 3.08. The minimum atomic E-state index is -0.111. The fourth-order valence-electron chi connectivity index (χ4n) is 1.43. The van der Waals surface area contributed by atoms with Gasteiger partial charge in [-0.25, -0.2) is 0 Å². The Hall–Kier alpha value is -1.06. The number of carbonyl (C=O) groups is 1. The van der Waals surface area contributed by atoms with Crippen molar-refractivity contribution < 1.29 is 9.53 Å². The van der Waals surface area contributed by atoms with Crippen molar-refractivity contribution >= 4 is 12.3 Å². The summed E-state index contributed by atoms with van der Waals surface area (Å²) in [6.45, 7) is 1.59. The zero-order valence-corrected chi connectivity index (χ0v) is 7.25. The molecule has 0 atom stereocenters. The highest BCUT2D eigenvalue weighted by Gasteiger charge is 2.23. The van der Waals surface area contributed by atoms with E-state index in [-0.39, 0.29) is 11.9 Å². The molecule has 1 saturated heterocycles. The van der Waals surface area contributed by atoms with Crippen molar-refractivity contribution in [2.75, 3.05) is 20.2 Å². The number of hydrogen-bond acceptors (Lipinski definition) is 3. The van der Waals surface area contributed by atoms with Gasteiger partial charge >= 0.3 is 5.97 Å². The first-order valence-electron chi connectivity index (χ1n) is 4.10. The van der Waals surface area contributed by atoms with Gasteiger partial charge in [0.15, 0.2) is 0 Å². The molecule has 0 radical (unpaired) electrons. The Labute approximate surface area is 72.0 Å². The molecule has 0 saturated carbocycles. The number of hydrogen-bond donors (Lipinski definition) is 1. The van der Waals surface area contributed by atoms with Crippen LogP contribution in [0.1, 0.15) is 12.8 Å². The average Bonchev–Trinajstić information content (AvgIpc) is 2.17. The standard InChI is InChI=1S/C8H14N2O2/c1-12-8(11)7-2-4-10(6-9)5-3-7/h6-7,9H,2-5H2,1H3. The molecule has 1 N–H and O–H groups in total. The SMILES string of the molecule is COC(=O)C1CCN(C=N)CC1. The number of carbonyl (C=O) groups excluding carboxylic acids is 1. The molecular formula is C8H14N2O2. The summed E-state index contributed by atoms with van der Waals surface area (Å²) >= 11 is 0. The van der Waals surface area contributed by atoms with Gasteiger partial charge < -0.3 is 9.64 Å². The minimum Gasteiger partial charge on any atom is -0.469 e. The molecule has 1 aliphatic rings. The van der Waals surface area contributed by atoms with E-state index in [1.54, 1.807) is 0 Å². The van der Waals surface area contributed by atoms with Crippen LogP contribution in [0.4, 0.5) is 0 Å². The van der Waals surface area contributed by atoms with Crippen LogP contribution >= 0.6 is 0 Å². The number of rotatable bonds is 2. The maximum absolute atomic E-state index is 11.1. The fraction of sp³-hybridized carbons (Fsp3) is 0.750. The first kappa shape index (κ1) is 9.03. The van der Waals surface area contributed by atoms with E-state index in [1.165, 1.54) is 13.4 Å². The Morgan fingerprint density at radius 1 is 1.58 bits per heavy atom. The van der Waals surface area contributed by atoms with Gasteiger partial charge in [0.25, 0.3) is 0 Å². The normalized spacial score (nSPS) is 18.9. The van der Waals surface area contributed by atoms with Crippen LogP contribution in [-0.4, -0.2) is 37.4 Å². The third-order valence-electron chi connectivity index (χ3n) is 2.25. The van der Waals surface area contributed by atoms with Crippen molar-refractivity contribution in [3.8, 4) is 0 Å².